The molecule has 0 aliphatic rings. The summed E-state index contributed by atoms with van der Waals surface area (Å²) in [6.07, 6.45) is 0.627. The second-order valence-electron chi connectivity index (χ2n) is 2.50. The molecule has 0 bridgehead atoms. The van der Waals surface area contributed by atoms with Crippen LogP contribution in [0.3, 0.4) is 0 Å². The highest BCUT2D eigenvalue weighted by molar-refractivity contribution is 5.94. The van der Waals surface area contributed by atoms with Gasteiger partial charge >= 0.3 is 11.9 Å². The Balaban J connectivity index is 4.44. The Morgan fingerprint density at radius 1 is 1.33 bits per heavy atom. The van der Waals surface area contributed by atoms with Crippen molar-refractivity contribution in [2.24, 2.45) is 0 Å². The predicted molar refractivity (Wildman–Crippen MR) is 41.6 cm³/mol. The standard InChI is InChI=1S/C7H11NO4/c1-4(2)8-5(7(11)12)3-6(9)10/h3-4,8H,1-2H3,(H,9,10)(H,11,12)/b5-3+. The molecular formula is C7H11NO4. The summed E-state index contributed by atoms with van der Waals surface area (Å²) < 4.78 is 0. The largest absolute Gasteiger partial charge is 0.478 e. The first-order valence-corrected chi connectivity index (χ1v) is 3.38. The van der Waals surface area contributed by atoms with Gasteiger partial charge in [0.25, 0.3) is 0 Å². The van der Waals surface area contributed by atoms with Gasteiger partial charge in [0, 0.05) is 6.04 Å². The molecule has 0 aromatic rings. The van der Waals surface area contributed by atoms with Crippen molar-refractivity contribution in [3.63, 3.8) is 0 Å². The molecule has 0 saturated heterocycles. The lowest BCUT2D eigenvalue weighted by molar-refractivity contribution is -0.135. The molecule has 0 aliphatic carbocycles. The Labute approximate surface area is 69.7 Å². The zero-order chi connectivity index (χ0) is 9.72. The summed E-state index contributed by atoms with van der Waals surface area (Å²) in [6.45, 7) is 3.44. The van der Waals surface area contributed by atoms with Crippen LogP contribution in [-0.4, -0.2) is 28.2 Å². The Kier molecular flexibility index (Phi) is 3.82. The van der Waals surface area contributed by atoms with Gasteiger partial charge in [0.15, 0.2) is 0 Å². The van der Waals surface area contributed by atoms with Crippen molar-refractivity contribution < 1.29 is 19.8 Å². The molecule has 68 valence electrons. The summed E-state index contributed by atoms with van der Waals surface area (Å²) in [5.74, 6) is -2.55. The Morgan fingerprint density at radius 2 is 1.83 bits per heavy atom. The lowest BCUT2D eigenvalue weighted by Gasteiger charge is -2.08. The molecule has 0 aromatic carbocycles. The average Bonchev–Trinajstić information content (AvgIpc) is 1.83. The summed E-state index contributed by atoms with van der Waals surface area (Å²) in [4.78, 5) is 20.5. The third kappa shape index (κ3) is 4.32. The molecule has 0 aromatic heterocycles. The molecule has 0 heterocycles. The SMILES string of the molecule is CC(C)N/C(=C/C(=O)O)C(=O)O. The fourth-order valence-electron chi connectivity index (χ4n) is 0.600. The molecule has 0 unspecified atom stereocenters. The van der Waals surface area contributed by atoms with Crippen LogP contribution >= 0.6 is 0 Å². The van der Waals surface area contributed by atoms with Crippen molar-refractivity contribution in [2.45, 2.75) is 19.9 Å². The number of carboxylic acid groups (broad SMARTS) is 2. The van der Waals surface area contributed by atoms with Crippen LogP contribution in [0.4, 0.5) is 0 Å². The van der Waals surface area contributed by atoms with E-state index in [0.717, 1.165) is 0 Å². The highest BCUT2D eigenvalue weighted by Crippen LogP contribution is 1.92. The lowest BCUT2D eigenvalue weighted by atomic mass is 10.3. The van der Waals surface area contributed by atoms with Gasteiger partial charge in [0.05, 0.1) is 6.08 Å². The van der Waals surface area contributed by atoms with Crippen LogP contribution in [0.2, 0.25) is 0 Å². The molecule has 0 spiro atoms. The fourth-order valence-corrected chi connectivity index (χ4v) is 0.600. The van der Waals surface area contributed by atoms with Crippen LogP contribution in [-0.2, 0) is 9.59 Å². The van der Waals surface area contributed by atoms with E-state index < -0.39 is 11.9 Å². The van der Waals surface area contributed by atoms with E-state index in [0.29, 0.717) is 6.08 Å². The molecule has 12 heavy (non-hydrogen) atoms. The summed E-state index contributed by atoms with van der Waals surface area (Å²) in [5.41, 5.74) is -0.308. The van der Waals surface area contributed by atoms with Crippen LogP contribution in [0, 0.1) is 0 Å². The Hall–Kier alpha value is -1.52. The van der Waals surface area contributed by atoms with Gasteiger partial charge in [-0.2, -0.15) is 0 Å². The van der Waals surface area contributed by atoms with E-state index in [-0.39, 0.29) is 11.7 Å². The monoisotopic (exact) mass is 173 g/mol. The van der Waals surface area contributed by atoms with Gasteiger partial charge in [0.1, 0.15) is 5.70 Å². The van der Waals surface area contributed by atoms with Crippen LogP contribution < -0.4 is 5.32 Å². The topological polar surface area (TPSA) is 86.6 Å². The minimum atomic E-state index is -1.28. The number of carbonyl (C=O) groups is 2. The van der Waals surface area contributed by atoms with Gasteiger partial charge in [-0.1, -0.05) is 0 Å². The normalized spacial score (nSPS) is 11.4. The maximum absolute atomic E-state index is 10.4. The average molecular weight is 173 g/mol. The number of rotatable bonds is 4. The first-order valence-electron chi connectivity index (χ1n) is 3.38. The molecule has 0 aliphatic heterocycles. The molecular weight excluding hydrogens is 162 g/mol. The molecule has 3 N–H and O–H groups in total. The fraction of sp³-hybridized carbons (Fsp3) is 0.429. The lowest BCUT2D eigenvalue weighted by Crippen LogP contribution is -2.27. The molecule has 0 rings (SSSR count). The third-order valence-corrected chi connectivity index (χ3v) is 0.942. The third-order valence-electron chi connectivity index (χ3n) is 0.942. The first-order chi connectivity index (χ1) is 5.43. The zero-order valence-electron chi connectivity index (χ0n) is 6.87. The van der Waals surface area contributed by atoms with Crippen LogP contribution in [0.25, 0.3) is 0 Å². The molecule has 0 radical (unpaired) electrons. The highest BCUT2D eigenvalue weighted by Gasteiger charge is 2.09. The summed E-state index contributed by atoms with van der Waals surface area (Å²) in [7, 11) is 0. The van der Waals surface area contributed by atoms with E-state index >= 15 is 0 Å². The molecule has 5 nitrogen and oxygen atoms in total. The molecule has 5 heteroatoms. The summed E-state index contributed by atoms with van der Waals surface area (Å²) >= 11 is 0. The van der Waals surface area contributed by atoms with Crippen LogP contribution in [0.5, 0.6) is 0 Å². The summed E-state index contributed by atoms with van der Waals surface area (Å²) in [6, 6.07) is -0.105. The number of aliphatic carboxylic acids is 2. The Bertz CT molecular complexity index is 219. The number of carboxylic acids is 2. The highest BCUT2D eigenvalue weighted by atomic mass is 16.4. The van der Waals surface area contributed by atoms with Crippen LogP contribution in [0.15, 0.2) is 11.8 Å². The Morgan fingerprint density at radius 3 is 2.08 bits per heavy atom. The van der Waals surface area contributed by atoms with Gasteiger partial charge in [0.2, 0.25) is 0 Å². The number of nitrogens with one attached hydrogen (secondary N) is 1. The molecule has 0 atom stereocenters. The summed E-state index contributed by atoms with van der Waals surface area (Å²) in [5, 5.41) is 19.2. The van der Waals surface area contributed by atoms with Gasteiger partial charge < -0.3 is 15.5 Å². The van der Waals surface area contributed by atoms with Crippen molar-refractivity contribution in [3.8, 4) is 0 Å². The van der Waals surface area contributed by atoms with Crippen LogP contribution in [0.1, 0.15) is 13.8 Å². The van der Waals surface area contributed by atoms with E-state index in [1.165, 1.54) is 0 Å². The quantitative estimate of drug-likeness (QED) is 0.522. The van der Waals surface area contributed by atoms with E-state index in [1.807, 2.05) is 0 Å². The van der Waals surface area contributed by atoms with Crippen molar-refractivity contribution in [2.75, 3.05) is 0 Å². The predicted octanol–water partition coefficient (Wildman–Crippen LogP) is 0.0375. The van der Waals surface area contributed by atoms with Gasteiger partial charge in [-0.25, -0.2) is 9.59 Å². The second-order valence-corrected chi connectivity index (χ2v) is 2.50. The van der Waals surface area contributed by atoms with Gasteiger partial charge in [-0.3, -0.25) is 0 Å². The first kappa shape index (κ1) is 10.5. The van der Waals surface area contributed by atoms with Crippen molar-refractivity contribution >= 4 is 11.9 Å². The molecule has 0 saturated carbocycles. The number of hydrogen-bond acceptors (Lipinski definition) is 3. The van der Waals surface area contributed by atoms with Crippen molar-refractivity contribution in [3.05, 3.63) is 11.8 Å². The maximum atomic E-state index is 10.4. The van der Waals surface area contributed by atoms with Crippen molar-refractivity contribution in [1.82, 2.24) is 5.32 Å². The smallest absolute Gasteiger partial charge is 0.352 e. The van der Waals surface area contributed by atoms with E-state index in [2.05, 4.69) is 5.32 Å². The minimum absolute atomic E-state index is 0.105. The molecule has 0 amide bonds. The number of hydrogen-bond donors (Lipinski definition) is 3. The van der Waals surface area contributed by atoms with E-state index in [9.17, 15) is 9.59 Å². The zero-order valence-corrected chi connectivity index (χ0v) is 6.87. The minimum Gasteiger partial charge on any atom is -0.478 e. The van der Waals surface area contributed by atoms with E-state index in [1.54, 1.807) is 13.8 Å². The van der Waals surface area contributed by atoms with Crippen molar-refractivity contribution in [1.29, 1.82) is 0 Å². The second kappa shape index (κ2) is 4.38. The van der Waals surface area contributed by atoms with E-state index in [4.69, 9.17) is 10.2 Å². The van der Waals surface area contributed by atoms with Gasteiger partial charge in [-0.05, 0) is 13.8 Å². The molecule has 0 fully saturated rings. The maximum Gasteiger partial charge on any atom is 0.352 e. The van der Waals surface area contributed by atoms with Gasteiger partial charge in [-0.15, -0.1) is 0 Å².